The van der Waals surface area contributed by atoms with Gasteiger partial charge in [-0.2, -0.15) is 12.6 Å². The number of ether oxygens (including phenoxy) is 1. The Morgan fingerprint density at radius 1 is 1.22 bits per heavy atom. The first-order chi connectivity index (χ1) is 16.9. The molecule has 0 unspecified atom stereocenters. The van der Waals surface area contributed by atoms with Crippen LogP contribution in [0.3, 0.4) is 0 Å². The van der Waals surface area contributed by atoms with Crippen LogP contribution in [0.25, 0.3) is 0 Å². The Morgan fingerprint density at radius 2 is 1.89 bits per heavy atom. The van der Waals surface area contributed by atoms with Crippen molar-refractivity contribution in [1.82, 2.24) is 9.62 Å². The Morgan fingerprint density at radius 3 is 2.47 bits per heavy atom. The average molecular weight is 539 g/mol. The van der Waals surface area contributed by atoms with Crippen LogP contribution >= 0.6 is 12.6 Å². The van der Waals surface area contributed by atoms with Gasteiger partial charge in [-0.05, 0) is 49.4 Å². The molecular weight excluding hydrogens is 516 g/mol. The number of carboxylic acids is 1. The highest BCUT2D eigenvalue weighted by molar-refractivity contribution is 7.89. The van der Waals surface area contributed by atoms with Crippen LogP contribution in [-0.4, -0.2) is 66.2 Å². The van der Waals surface area contributed by atoms with Crippen LogP contribution in [0.15, 0.2) is 47.4 Å². The van der Waals surface area contributed by atoms with Crippen LogP contribution < -0.4 is 10.0 Å². The molecule has 0 saturated carbocycles. The van der Waals surface area contributed by atoms with Gasteiger partial charge in [0, 0.05) is 29.6 Å². The fourth-order valence-corrected chi connectivity index (χ4v) is 4.67. The number of nitro benzene ring substituents is 1. The van der Waals surface area contributed by atoms with Crippen molar-refractivity contribution in [3.05, 3.63) is 63.7 Å². The molecule has 1 aliphatic rings. The van der Waals surface area contributed by atoms with E-state index in [2.05, 4.69) is 22.7 Å². The Bertz CT molecular complexity index is 1300. The molecule has 13 nitrogen and oxygen atoms in total. The number of carbonyl (C=O) groups excluding carboxylic acids is 2. The molecule has 0 aromatic heterocycles. The third-order valence-corrected chi connectivity index (χ3v) is 7.09. The average Bonchev–Trinajstić information content (AvgIpc) is 3.24. The Balaban J connectivity index is 1.74. The summed E-state index contributed by atoms with van der Waals surface area (Å²) in [5.41, 5.74) is -0.0627. The smallest absolute Gasteiger partial charge is 0.410 e. The van der Waals surface area contributed by atoms with Gasteiger partial charge >= 0.3 is 12.1 Å². The number of thiol groups is 1. The lowest BCUT2D eigenvalue weighted by molar-refractivity contribution is -0.384. The van der Waals surface area contributed by atoms with Crippen molar-refractivity contribution in [3.8, 4) is 0 Å². The predicted molar refractivity (Wildman–Crippen MR) is 129 cm³/mol. The standard InChI is InChI=1S/C21H22N4O9S2/c1-22-36(32,33)17-7-13(20(27)28)6-14(8-17)23-19(26)18-9-16(35)10-24(18)21(29)34-11-12-2-4-15(5-3-12)25(30)31/h2-8,16,18,22,35H,9-11H2,1H3,(H,23,26)(H,27,28)/t16-,18-/m0/s1. The topological polar surface area (TPSA) is 185 Å². The van der Waals surface area contributed by atoms with E-state index in [1.807, 2.05) is 0 Å². The molecule has 3 N–H and O–H groups in total. The minimum Gasteiger partial charge on any atom is -0.478 e. The van der Waals surface area contributed by atoms with E-state index in [0.29, 0.717) is 5.56 Å². The van der Waals surface area contributed by atoms with Crippen molar-refractivity contribution in [1.29, 1.82) is 0 Å². The lowest BCUT2D eigenvalue weighted by Crippen LogP contribution is -2.43. The third-order valence-electron chi connectivity index (χ3n) is 5.33. The number of sulfonamides is 1. The van der Waals surface area contributed by atoms with E-state index in [-0.39, 0.29) is 46.7 Å². The number of nitro groups is 1. The number of likely N-dealkylation sites (tertiary alicyclic amines) is 1. The molecule has 1 aliphatic heterocycles. The molecule has 15 heteroatoms. The second kappa shape index (κ2) is 10.9. The van der Waals surface area contributed by atoms with Crippen molar-refractivity contribution in [2.45, 2.75) is 29.2 Å². The summed E-state index contributed by atoms with van der Waals surface area (Å²) in [5, 5.41) is 22.2. The minimum atomic E-state index is -4.00. The van der Waals surface area contributed by atoms with E-state index < -0.39 is 39.0 Å². The molecule has 3 rings (SSSR count). The highest BCUT2D eigenvalue weighted by atomic mass is 32.2. The summed E-state index contributed by atoms with van der Waals surface area (Å²) in [6.07, 6.45) is -0.648. The van der Waals surface area contributed by atoms with Crippen LogP contribution in [0, 0.1) is 10.1 Å². The zero-order valence-electron chi connectivity index (χ0n) is 18.8. The third kappa shape index (κ3) is 6.30. The molecule has 2 atom stereocenters. The first-order valence-corrected chi connectivity index (χ1v) is 12.4. The number of nitrogens with one attached hydrogen (secondary N) is 2. The summed E-state index contributed by atoms with van der Waals surface area (Å²) in [4.78, 5) is 48.1. The molecule has 2 aromatic carbocycles. The van der Waals surface area contributed by atoms with Gasteiger partial charge in [-0.25, -0.2) is 22.7 Å². The number of amides is 2. The number of carbonyl (C=O) groups is 3. The molecule has 1 saturated heterocycles. The second-order valence-corrected chi connectivity index (χ2v) is 10.4. The maximum atomic E-state index is 13.0. The zero-order valence-corrected chi connectivity index (χ0v) is 20.5. The monoisotopic (exact) mass is 538 g/mol. The number of non-ortho nitro benzene ring substituents is 1. The number of anilines is 1. The lowest BCUT2D eigenvalue weighted by atomic mass is 10.1. The molecule has 1 fully saturated rings. The highest BCUT2D eigenvalue weighted by Gasteiger charge is 2.39. The van der Waals surface area contributed by atoms with Gasteiger partial charge in [-0.1, -0.05) is 0 Å². The fourth-order valence-electron chi connectivity index (χ4n) is 3.50. The first-order valence-electron chi connectivity index (χ1n) is 10.4. The van der Waals surface area contributed by atoms with E-state index >= 15 is 0 Å². The summed E-state index contributed by atoms with van der Waals surface area (Å²) in [5.74, 6) is -2.08. The molecule has 0 bridgehead atoms. The normalized spacial score (nSPS) is 17.4. The predicted octanol–water partition coefficient (Wildman–Crippen LogP) is 1.85. The molecule has 192 valence electrons. The van der Waals surface area contributed by atoms with E-state index in [0.717, 1.165) is 30.1 Å². The molecular formula is C21H22N4O9S2. The fraction of sp³-hybridized carbons (Fsp3) is 0.286. The number of carboxylic acid groups (broad SMARTS) is 1. The molecule has 0 radical (unpaired) electrons. The van der Waals surface area contributed by atoms with Gasteiger partial charge in [0.25, 0.3) is 5.69 Å². The van der Waals surface area contributed by atoms with Crippen molar-refractivity contribution in [3.63, 3.8) is 0 Å². The van der Waals surface area contributed by atoms with Crippen LogP contribution in [0.5, 0.6) is 0 Å². The molecule has 0 spiro atoms. The largest absolute Gasteiger partial charge is 0.478 e. The van der Waals surface area contributed by atoms with Gasteiger partial charge in [0.1, 0.15) is 12.6 Å². The maximum Gasteiger partial charge on any atom is 0.410 e. The SMILES string of the molecule is CNS(=O)(=O)c1cc(NC(=O)[C@@H]2C[C@H](S)CN2C(=O)OCc2ccc([N+](=O)[O-])cc2)cc(C(=O)O)c1. The molecule has 2 aromatic rings. The van der Waals surface area contributed by atoms with Crippen LogP contribution in [0.1, 0.15) is 22.3 Å². The highest BCUT2D eigenvalue weighted by Crippen LogP contribution is 2.26. The number of benzene rings is 2. The van der Waals surface area contributed by atoms with Crippen molar-refractivity contribution in [2.24, 2.45) is 0 Å². The van der Waals surface area contributed by atoms with E-state index in [1.165, 1.54) is 24.3 Å². The van der Waals surface area contributed by atoms with Crippen molar-refractivity contribution < 1.29 is 37.6 Å². The first kappa shape index (κ1) is 26.9. The van der Waals surface area contributed by atoms with Gasteiger partial charge in [0.2, 0.25) is 15.9 Å². The van der Waals surface area contributed by atoms with Gasteiger partial charge < -0.3 is 15.2 Å². The lowest BCUT2D eigenvalue weighted by Gasteiger charge is -2.23. The number of hydrogen-bond donors (Lipinski definition) is 4. The number of aromatic carboxylic acids is 1. The zero-order chi connectivity index (χ0) is 26.6. The van der Waals surface area contributed by atoms with Gasteiger partial charge in [-0.15, -0.1) is 0 Å². The van der Waals surface area contributed by atoms with Crippen molar-refractivity contribution in [2.75, 3.05) is 18.9 Å². The van der Waals surface area contributed by atoms with Gasteiger partial charge in [-0.3, -0.25) is 19.8 Å². The van der Waals surface area contributed by atoms with E-state index in [4.69, 9.17) is 4.74 Å². The van der Waals surface area contributed by atoms with Crippen molar-refractivity contribution >= 4 is 52.0 Å². The quantitative estimate of drug-likeness (QED) is 0.221. The molecule has 1 heterocycles. The number of nitrogens with zero attached hydrogens (tertiary/aromatic N) is 2. The van der Waals surface area contributed by atoms with Crippen LogP contribution in [0.2, 0.25) is 0 Å². The summed E-state index contributed by atoms with van der Waals surface area (Å²) in [6.45, 7) is -0.0976. The maximum absolute atomic E-state index is 13.0. The van der Waals surface area contributed by atoms with Crippen LogP contribution in [0.4, 0.5) is 16.2 Å². The second-order valence-electron chi connectivity index (χ2n) is 7.78. The Labute approximate surface area is 211 Å². The number of rotatable bonds is 8. The summed E-state index contributed by atoms with van der Waals surface area (Å²) in [6, 6.07) is 7.54. The van der Waals surface area contributed by atoms with Gasteiger partial charge in [0.05, 0.1) is 15.4 Å². The summed E-state index contributed by atoms with van der Waals surface area (Å²) < 4.78 is 31.7. The van der Waals surface area contributed by atoms with Gasteiger partial charge in [0.15, 0.2) is 0 Å². The molecule has 0 aliphatic carbocycles. The molecule has 36 heavy (non-hydrogen) atoms. The summed E-state index contributed by atoms with van der Waals surface area (Å²) >= 11 is 4.35. The minimum absolute atomic E-state index is 0.0875. The van der Waals surface area contributed by atoms with Crippen LogP contribution in [-0.2, 0) is 26.2 Å². The number of hydrogen-bond acceptors (Lipinski definition) is 9. The van der Waals surface area contributed by atoms with E-state index in [9.17, 15) is 38.0 Å². The summed E-state index contributed by atoms with van der Waals surface area (Å²) in [7, 11) is -2.85. The molecule has 2 amide bonds. The Hall–Kier alpha value is -3.69. The Kier molecular flexibility index (Phi) is 8.17. The van der Waals surface area contributed by atoms with E-state index in [1.54, 1.807) is 0 Å².